The van der Waals surface area contributed by atoms with E-state index in [1.54, 1.807) is 24.9 Å². The molecule has 1 amide bonds. The van der Waals surface area contributed by atoms with Crippen LogP contribution in [-0.4, -0.2) is 30.6 Å². The highest BCUT2D eigenvalue weighted by molar-refractivity contribution is 5.82. The SMILES string of the molecule is C[C@H](O)c1cc(F)ccc1N(C)CC(=O)NC1CC1. The van der Waals surface area contributed by atoms with Gasteiger partial charge in [0.05, 0.1) is 12.6 Å². The van der Waals surface area contributed by atoms with Gasteiger partial charge in [-0.15, -0.1) is 0 Å². The van der Waals surface area contributed by atoms with E-state index in [1.807, 2.05) is 0 Å². The molecule has 0 unspecified atom stereocenters. The maximum Gasteiger partial charge on any atom is 0.239 e. The number of anilines is 1. The van der Waals surface area contributed by atoms with Gasteiger partial charge in [-0.2, -0.15) is 0 Å². The van der Waals surface area contributed by atoms with Crippen LogP contribution < -0.4 is 10.2 Å². The summed E-state index contributed by atoms with van der Waals surface area (Å²) >= 11 is 0. The van der Waals surface area contributed by atoms with Gasteiger partial charge in [-0.25, -0.2) is 4.39 Å². The van der Waals surface area contributed by atoms with Crippen molar-refractivity contribution in [1.82, 2.24) is 5.32 Å². The quantitative estimate of drug-likeness (QED) is 0.851. The molecule has 1 saturated carbocycles. The molecule has 1 aliphatic rings. The summed E-state index contributed by atoms with van der Waals surface area (Å²) in [5.41, 5.74) is 1.16. The summed E-state index contributed by atoms with van der Waals surface area (Å²) in [7, 11) is 1.76. The van der Waals surface area contributed by atoms with Crippen LogP contribution in [0.2, 0.25) is 0 Å². The van der Waals surface area contributed by atoms with E-state index in [1.165, 1.54) is 12.1 Å². The van der Waals surface area contributed by atoms with E-state index >= 15 is 0 Å². The van der Waals surface area contributed by atoms with Gasteiger partial charge < -0.3 is 15.3 Å². The molecule has 1 aliphatic carbocycles. The highest BCUT2D eigenvalue weighted by Gasteiger charge is 2.24. The second-order valence-electron chi connectivity index (χ2n) is 5.08. The Bertz CT molecular complexity index is 473. The fourth-order valence-electron chi connectivity index (χ4n) is 2.01. The number of nitrogens with zero attached hydrogens (tertiary/aromatic N) is 1. The number of carbonyl (C=O) groups is 1. The molecule has 0 aliphatic heterocycles. The van der Waals surface area contributed by atoms with Crippen LogP contribution >= 0.6 is 0 Å². The van der Waals surface area contributed by atoms with Crippen molar-refractivity contribution in [2.24, 2.45) is 0 Å². The van der Waals surface area contributed by atoms with Gasteiger partial charge >= 0.3 is 0 Å². The molecule has 0 spiro atoms. The monoisotopic (exact) mass is 266 g/mol. The molecular formula is C14H19FN2O2. The van der Waals surface area contributed by atoms with Crippen molar-refractivity contribution in [1.29, 1.82) is 0 Å². The summed E-state index contributed by atoms with van der Waals surface area (Å²) in [5, 5.41) is 12.6. The standard InChI is InChI=1S/C14H19FN2O2/c1-9(18)12-7-10(15)3-6-13(12)17(2)8-14(19)16-11-4-5-11/h3,6-7,9,11,18H,4-5,8H2,1-2H3,(H,16,19)/t9-/m0/s1. The molecule has 104 valence electrons. The minimum atomic E-state index is -0.778. The van der Waals surface area contributed by atoms with Crippen molar-refractivity contribution < 1.29 is 14.3 Å². The first-order chi connectivity index (χ1) is 8.97. The first-order valence-corrected chi connectivity index (χ1v) is 6.45. The molecule has 1 atom stereocenters. The molecule has 19 heavy (non-hydrogen) atoms. The van der Waals surface area contributed by atoms with E-state index in [0.29, 0.717) is 17.3 Å². The molecule has 1 aromatic carbocycles. The third-order valence-electron chi connectivity index (χ3n) is 3.17. The van der Waals surface area contributed by atoms with Crippen LogP contribution in [0, 0.1) is 5.82 Å². The molecule has 2 rings (SSSR count). The Morgan fingerprint density at radius 3 is 2.84 bits per heavy atom. The lowest BCUT2D eigenvalue weighted by Crippen LogP contribution is -2.36. The van der Waals surface area contributed by atoms with Crippen molar-refractivity contribution in [3.63, 3.8) is 0 Å². The van der Waals surface area contributed by atoms with E-state index < -0.39 is 11.9 Å². The summed E-state index contributed by atoms with van der Waals surface area (Å²) in [4.78, 5) is 13.5. The zero-order valence-corrected chi connectivity index (χ0v) is 11.2. The van der Waals surface area contributed by atoms with Crippen molar-refractivity contribution in [2.75, 3.05) is 18.5 Å². The highest BCUT2D eigenvalue weighted by Crippen LogP contribution is 2.26. The molecule has 1 aromatic rings. The lowest BCUT2D eigenvalue weighted by molar-refractivity contribution is -0.119. The smallest absolute Gasteiger partial charge is 0.239 e. The van der Waals surface area contributed by atoms with Gasteiger partial charge in [0.2, 0.25) is 5.91 Å². The Morgan fingerprint density at radius 1 is 1.58 bits per heavy atom. The van der Waals surface area contributed by atoms with E-state index in [4.69, 9.17) is 0 Å². The molecule has 2 N–H and O–H groups in total. The van der Waals surface area contributed by atoms with Crippen molar-refractivity contribution in [3.8, 4) is 0 Å². The van der Waals surface area contributed by atoms with Crippen LogP contribution in [0.3, 0.4) is 0 Å². The number of aliphatic hydroxyl groups is 1. The molecule has 5 heteroatoms. The predicted molar refractivity (Wildman–Crippen MR) is 71.5 cm³/mol. The second kappa shape index (κ2) is 5.57. The van der Waals surface area contributed by atoms with E-state index in [0.717, 1.165) is 12.8 Å². The molecular weight excluding hydrogens is 247 g/mol. The molecule has 0 heterocycles. The first kappa shape index (κ1) is 13.8. The number of halogens is 1. The van der Waals surface area contributed by atoms with Crippen molar-refractivity contribution in [3.05, 3.63) is 29.6 Å². The Kier molecular flexibility index (Phi) is 4.04. The third kappa shape index (κ3) is 3.67. The van der Waals surface area contributed by atoms with Gasteiger partial charge in [0.15, 0.2) is 0 Å². The number of nitrogens with one attached hydrogen (secondary N) is 1. The zero-order chi connectivity index (χ0) is 14.0. The molecule has 0 aromatic heterocycles. The first-order valence-electron chi connectivity index (χ1n) is 6.45. The molecule has 0 bridgehead atoms. The Hall–Kier alpha value is -1.62. The number of hydrogen-bond donors (Lipinski definition) is 2. The van der Waals surface area contributed by atoms with Gasteiger partial charge in [0, 0.05) is 24.3 Å². The fourth-order valence-corrected chi connectivity index (χ4v) is 2.01. The average molecular weight is 266 g/mol. The molecule has 4 nitrogen and oxygen atoms in total. The number of hydrogen-bond acceptors (Lipinski definition) is 3. The van der Waals surface area contributed by atoms with Crippen LogP contribution in [-0.2, 0) is 4.79 Å². The summed E-state index contributed by atoms with van der Waals surface area (Å²) in [6.45, 7) is 1.78. The van der Waals surface area contributed by atoms with Gasteiger partial charge in [-0.1, -0.05) is 0 Å². The van der Waals surface area contributed by atoms with Crippen molar-refractivity contribution in [2.45, 2.75) is 31.9 Å². The minimum Gasteiger partial charge on any atom is -0.389 e. The average Bonchev–Trinajstić information content (AvgIpc) is 3.12. The minimum absolute atomic E-state index is 0.0501. The van der Waals surface area contributed by atoms with Gasteiger partial charge in [-0.3, -0.25) is 4.79 Å². The van der Waals surface area contributed by atoms with Crippen LogP contribution in [0.5, 0.6) is 0 Å². The second-order valence-corrected chi connectivity index (χ2v) is 5.08. The Balaban J connectivity index is 2.08. The third-order valence-corrected chi connectivity index (χ3v) is 3.17. The summed E-state index contributed by atoms with van der Waals surface area (Å²) in [6, 6.07) is 4.54. The maximum atomic E-state index is 13.2. The maximum absolute atomic E-state index is 13.2. The molecule has 0 radical (unpaired) electrons. The number of carbonyl (C=O) groups excluding carboxylic acids is 1. The summed E-state index contributed by atoms with van der Waals surface area (Å²) in [6.07, 6.45) is 1.32. The summed E-state index contributed by atoms with van der Waals surface area (Å²) in [5.74, 6) is -0.443. The molecule has 1 fully saturated rings. The number of benzene rings is 1. The molecule has 0 saturated heterocycles. The predicted octanol–water partition coefficient (Wildman–Crippen LogP) is 1.59. The fraction of sp³-hybridized carbons (Fsp3) is 0.500. The van der Waals surface area contributed by atoms with Crippen LogP contribution in [0.25, 0.3) is 0 Å². The van der Waals surface area contributed by atoms with Gasteiger partial charge in [-0.05, 0) is 38.0 Å². The lowest BCUT2D eigenvalue weighted by Gasteiger charge is -2.23. The Labute approximate surface area is 112 Å². The van der Waals surface area contributed by atoms with Gasteiger partial charge in [0.25, 0.3) is 0 Å². The number of aliphatic hydroxyl groups excluding tert-OH is 1. The van der Waals surface area contributed by atoms with Crippen LogP contribution in [0.15, 0.2) is 18.2 Å². The number of rotatable bonds is 5. The topological polar surface area (TPSA) is 52.6 Å². The van der Waals surface area contributed by atoms with E-state index in [-0.39, 0.29) is 12.5 Å². The highest BCUT2D eigenvalue weighted by atomic mass is 19.1. The van der Waals surface area contributed by atoms with E-state index in [2.05, 4.69) is 5.32 Å². The van der Waals surface area contributed by atoms with E-state index in [9.17, 15) is 14.3 Å². The Morgan fingerprint density at radius 2 is 2.26 bits per heavy atom. The van der Waals surface area contributed by atoms with Crippen LogP contribution in [0.1, 0.15) is 31.4 Å². The van der Waals surface area contributed by atoms with Crippen LogP contribution in [0.4, 0.5) is 10.1 Å². The zero-order valence-electron chi connectivity index (χ0n) is 11.2. The lowest BCUT2D eigenvalue weighted by atomic mass is 10.1. The number of likely N-dealkylation sites (N-methyl/N-ethyl adjacent to an activating group) is 1. The largest absolute Gasteiger partial charge is 0.389 e. The summed E-state index contributed by atoms with van der Waals surface area (Å²) < 4.78 is 13.2. The van der Waals surface area contributed by atoms with Gasteiger partial charge in [0.1, 0.15) is 5.82 Å². The van der Waals surface area contributed by atoms with Crippen molar-refractivity contribution >= 4 is 11.6 Å². The normalized spacial score (nSPS) is 16.0. The number of amides is 1.